The van der Waals surface area contributed by atoms with Gasteiger partial charge in [-0.3, -0.25) is 4.57 Å². The number of nitrogens with zero attached hydrogens (tertiary/aromatic N) is 4. The number of anilines is 2. The average molecular weight is 555 g/mol. The van der Waals surface area contributed by atoms with E-state index in [0.29, 0.717) is 33.7 Å². The van der Waals surface area contributed by atoms with Gasteiger partial charge in [0.25, 0.3) is 0 Å². The summed E-state index contributed by atoms with van der Waals surface area (Å²) in [5, 5.41) is 25.8. The first-order valence-electron chi connectivity index (χ1n) is 11.7. The van der Waals surface area contributed by atoms with Crippen LogP contribution >= 0.6 is 23.2 Å². The Labute approximate surface area is 228 Å². The molecular weight excluding hydrogens is 531 g/mol. The molecule has 3 heterocycles. The molecule has 12 heteroatoms. The lowest BCUT2D eigenvalue weighted by atomic mass is 10.1. The molecule has 4 atom stereocenters. The maximum absolute atomic E-state index is 10.9. The van der Waals surface area contributed by atoms with Crippen molar-refractivity contribution in [3.05, 3.63) is 75.5 Å². The molecule has 2 aromatic carbocycles. The van der Waals surface area contributed by atoms with Crippen LogP contribution in [0.25, 0.3) is 11.2 Å². The summed E-state index contributed by atoms with van der Waals surface area (Å²) in [5.41, 5.74) is 9.22. The molecule has 2 aromatic heterocycles. The zero-order valence-electron chi connectivity index (χ0n) is 20.0. The minimum Gasteiger partial charge on any atom is -0.387 e. The van der Waals surface area contributed by atoms with Crippen molar-refractivity contribution in [2.45, 2.75) is 37.7 Å². The Morgan fingerprint density at radius 2 is 1.84 bits per heavy atom. The summed E-state index contributed by atoms with van der Waals surface area (Å²) < 4.78 is 13.4. The molecule has 1 fully saturated rings. The highest BCUT2D eigenvalue weighted by molar-refractivity contribution is 6.42. The second-order valence-electron chi connectivity index (χ2n) is 8.74. The number of nitrogen functional groups attached to an aromatic ring is 1. The van der Waals surface area contributed by atoms with Gasteiger partial charge in [0.05, 0.1) is 23.3 Å². The molecule has 196 valence electrons. The van der Waals surface area contributed by atoms with E-state index < -0.39 is 24.5 Å². The number of aromatic nitrogens is 4. The molecule has 0 amide bonds. The molecule has 5 rings (SSSR count). The van der Waals surface area contributed by atoms with Gasteiger partial charge >= 0.3 is 0 Å². The van der Waals surface area contributed by atoms with Gasteiger partial charge in [0.2, 0.25) is 5.95 Å². The van der Waals surface area contributed by atoms with Gasteiger partial charge in [0.1, 0.15) is 24.6 Å². The highest BCUT2D eigenvalue weighted by Crippen LogP contribution is 2.35. The quantitative estimate of drug-likeness (QED) is 0.241. The second-order valence-corrected chi connectivity index (χ2v) is 9.56. The fraction of sp³-hybridized carbons (Fsp3) is 0.269. The Morgan fingerprint density at radius 1 is 1.08 bits per heavy atom. The van der Waals surface area contributed by atoms with Crippen molar-refractivity contribution in [2.24, 2.45) is 0 Å². The van der Waals surface area contributed by atoms with Crippen LogP contribution in [-0.2, 0) is 22.6 Å². The van der Waals surface area contributed by atoms with Crippen LogP contribution in [0.2, 0.25) is 10.0 Å². The second kappa shape index (κ2) is 11.1. The topological polar surface area (TPSA) is 141 Å². The zero-order chi connectivity index (χ0) is 26.8. The van der Waals surface area contributed by atoms with E-state index >= 15 is 0 Å². The van der Waals surface area contributed by atoms with Crippen molar-refractivity contribution in [1.29, 1.82) is 0 Å². The van der Waals surface area contributed by atoms with Crippen LogP contribution in [0.15, 0.2) is 48.8 Å². The van der Waals surface area contributed by atoms with Gasteiger partial charge in [0, 0.05) is 12.1 Å². The summed E-state index contributed by atoms with van der Waals surface area (Å²) in [6.45, 7) is 0.651. The third-order valence-corrected chi connectivity index (χ3v) is 6.94. The summed E-state index contributed by atoms with van der Waals surface area (Å²) in [5.74, 6) is 3.04. The van der Waals surface area contributed by atoms with Crippen molar-refractivity contribution >= 4 is 46.1 Å². The molecule has 1 aliphatic rings. The first-order chi connectivity index (χ1) is 18.4. The standard InChI is InChI=1S/C26H24Cl2N6O4/c1-2-14-3-5-15(6-4-14)11-37-12-19-21(35)22(36)25(38-19)34-24-20(23(29)31-13-32-24)33-26(34)30-10-16-7-8-17(27)18(28)9-16/h1,3-9,13,19,21-22,25,35-36H,10-12H2,(H,30,33)(H2,29,31,32)/t19-,21-,22-,25-/m1/s1. The van der Waals surface area contributed by atoms with Gasteiger partial charge in [-0.05, 0) is 35.4 Å². The smallest absolute Gasteiger partial charge is 0.207 e. The molecule has 1 aliphatic heterocycles. The zero-order valence-corrected chi connectivity index (χ0v) is 21.5. The van der Waals surface area contributed by atoms with E-state index in [1.54, 1.807) is 16.7 Å². The van der Waals surface area contributed by atoms with E-state index in [0.717, 1.165) is 16.7 Å². The molecule has 10 nitrogen and oxygen atoms in total. The SMILES string of the molecule is C#Cc1ccc(COC[C@H]2O[C@@H](n3c(NCc4ccc(Cl)c(Cl)c4)nc4c(N)ncnc43)[C@H](O)[C@@H]2O)cc1. The van der Waals surface area contributed by atoms with Crippen LogP contribution < -0.4 is 11.1 Å². The van der Waals surface area contributed by atoms with Crippen LogP contribution in [0.4, 0.5) is 11.8 Å². The lowest BCUT2D eigenvalue weighted by Gasteiger charge is -2.20. The third kappa shape index (κ3) is 5.26. The monoisotopic (exact) mass is 554 g/mol. The maximum atomic E-state index is 10.9. The van der Waals surface area contributed by atoms with Crippen LogP contribution in [0, 0.1) is 12.3 Å². The van der Waals surface area contributed by atoms with Crippen molar-refractivity contribution in [3.63, 3.8) is 0 Å². The largest absolute Gasteiger partial charge is 0.387 e. The molecule has 0 saturated carbocycles. The van der Waals surface area contributed by atoms with Crippen molar-refractivity contribution in [3.8, 4) is 12.3 Å². The number of benzene rings is 2. The molecule has 0 radical (unpaired) electrons. The predicted molar refractivity (Wildman–Crippen MR) is 143 cm³/mol. The molecule has 4 aromatic rings. The Bertz CT molecular complexity index is 1490. The maximum Gasteiger partial charge on any atom is 0.207 e. The van der Waals surface area contributed by atoms with E-state index in [9.17, 15) is 10.2 Å². The van der Waals surface area contributed by atoms with Gasteiger partial charge in [-0.2, -0.15) is 0 Å². The Hall–Kier alpha value is -3.43. The average Bonchev–Trinajstić information content (AvgIpc) is 3.42. The van der Waals surface area contributed by atoms with Gasteiger partial charge in [-0.1, -0.05) is 47.3 Å². The van der Waals surface area contributed by atoms with Crippen LogP contribution in [0.5, 0.6) is 0 Å². The lowest BCUT2D eigenvalue weighted by Crippen LogP contribution is -2.34. The molecule has 0 bridgehead atoms. The van der Waals surface area contributed by atoms with Gasteiger partial charge in [-0.25, -0.2) is 15.0 Å². The summed E-state index contributed by atoms with van der Waals surface area (Å²) >= 11 is 12.2. The van der Waals surface area contributed by atoms with Crippen molar-refractivity contribution in [2.75, 3.05) is 17.7 Å². The summed E-state index contributed by atoms with van der Waals surface area (Å²) in [6.07, 6.45) is 2.34. The van der Waals surface area contributed by atoms with Crippen LogP contribution in [-0.4, -0.2) is 54.7 Å². The summed E-state index contributed by atoms with van der Waals surface area (Å²) in [4.78, 5) is 12.8. The third-order valence-electron chi connectivity index (χ3n) is 6.20. The number of ether oxygens (including phenoxy) is 2. The highest BCUT2D eigenvalue weighted by atomic mass is 35.5. The molecule has 0 unspecified atom stereocenters. The summed E-state index contributed by atoms with van der Waals surface area (Å²) in [7, 11) is 0. The number of aliphatic hydroxyl groups is 2. The molecule has 38 heavy (non-hydrogen) atoms. The van der Waals surface area contributed by atoms with Gasteiger partial charge < -0.3 is 30.7 Å². The van der Waals surface area contributed by atoms with E-state index in [4.69, 9.17) is 44.8 Å². The highest BCUT2D eigenvalue weighted by Gasteiger charge is 2.45. The van der Waals surface area contributed by atoms with Gasteiger partial charge in [0.15, 0.2) is 23.2 Å². The number of rotatable bonds is 8. The lowest BCUT2D eigenvalue weighted by molar-refractivity contribution is -0.0675. The first kappa shape index (κ1) is 26.2. The number of hydrogen-bond donors (Lipinski definition) is 4. The fourth-order valence-electron chi connectivity index (χ4n) is 4.19. The molecule has 0 spiro atoms. The molecule has 5 N–H and O–H groups in total. The predicted octanol–water partition coefficient (Wildman–Crippen LogP) is 3.14. The number of imidazole rings is 1. The van der Waals surface area contributed by atoms with Gasteiger partial charge in [-0.15, -0.1) is 6.42 Å². The molecule has 0 aliphatic carbocycles. The molecule has 1 saturated heterocycles. The van der Waals surface area contributed by atoms with Crippen molar-refractivity contribution in [1.82, 2.24) is 19.5 Å². The van der Waals surface area contributed by atoms with Crippen molar-refractivity contribution < 1.29 is 19.7 Å². The Balaban J connectivity index is 1.35. The minimum absolute atomic E-state index is 0.0431. The fourth-order valence-corrected chi connectivity index (χ4v) is 4.51. The number of fused-ring (bicyclic) bond motifs is 1. The Kier molecular flexibility index (Phi) is 7.67. The molecular formula is C26H24Cl2N6O4. The van der Waals surface area contributed by atoms with E-state index in [1.165, 1.54) is 6.33 Å². The number of nitrogens with two attached hydrogens (primary N) is 1. The number of nitrogens with one attached hydrogen (secondary N) is 1. The normalized spacial score (nSPS) is 21.0. The number of hydrogen-bond acceptors (Lipinski definition) is 9. The Morgan fingerprint density at radius 3 is 2.58 bits per heavy atom. The number of terminal acetylenes is 1. The number of aliphatic hydroxyl groups excluding tert-OH is 2. The minimum atomic E-state index is -1.29. The summed E-state index contributed by atoms with van der Waals surface area (Å²) in [6, 6.07) is 12.6. The van der Waals surface area contributed by atoms with E-state index in [-0.39, 0.29) is 19.0 Å². The van der Waals surface area contributed by atoms with Crippen LogP contribution in [0.1, 0.15) is 22.9 Å². The van der Waals surface area contributed by atoms with Crippen LogP contribution in [0.3, 0.4) is 0 Å². The van der Waals surface area contributed by atoms with E-state index in [1.807, 2.05) is 30.3 Å². The first-order valence-corrected chi connectivity index (χ1v) is 12.4. The number of halogens is 2. The van der Waals surface area contributed by atoms with E-state index in [2.05, 4.69) is 26.2 Å².